The van der Waals surface area contributed by atoms with E-state index < -0.39 is 10.7 Å². The van der Waals surface area contributed by atoms with Crippen LogP contribution in [0.1, 0.15) is 26.7 Å². The number of thiazole rings is 1. The molecular formula is C13H15NO2S2. The molecule has 0 fully saturated rings. The molecule has 1 N–H and O–H groups in total. The van der Waals surface area contributed by atoms with E-state index in [1.807, 2.05) is 38.1 Å². The number of thioether (sulfide) groups is 1. The van der Waals surface area contributed by atoms with E-state index in [-0.39, 0.29) is 0 Å². The van der Waals surface area contributed by atoms with Gasteiger partial charge in [-0.2, -0.15) is 0 Å². The Morgan fingerprint density at radius 3 is 2.61 bits per heavy atom. The largest absolute Gasteiger partial charge is 0.480 e. The molecule has 0 aliphatic rings. The SMILES string of the molecule is CCC(CC)(Sc1nc2ccccc2s1)C(=O)O. The van der Waals surface area contributed by atoms with Gasteiger partial charge in [0.25, 0.3) is 0 Å². The maximum atomic E-state index is 11.5. The highest BCUT2D eigenvalue weighted by Gasteiger charge is 2.37. The van der Waals surface area contributed by atoms with Gasteiger partial charge in [0.15, 0.2) is 4.34 Å². The number of carboxylic acids is 1. The Kier molecular flexibility index (Phi) is 3.92. The average Bonchev–Trinajstić information content (AvgIpc) is 2.77. The first kappa shape index (κ1) is 13.4. The van der Waals surface area contributed by atoms with Gasteiger partial charge in [-0.1, -0.05) is 37.7 Å². The van der Waals surface area contributed by atoms with E-state index >= 15 is 0 Å². The van der Waals surface area contributed by atoms with Crippen LogP contribution in [0.15, 0.2) is 28.6 Å². The van der Waals surface area contributed by atoms with Crippen LogP contribution in [0.25, 0.3) is 10.2 Å². The molecular weight excluding hydrogens is 266 g/mol. The van der Waals surface area contributed by atoms with E-state index in [2.05, 4.69) is 4.98 Å². The Hall–Kier alpha value is -1.07. The molecule has 2 aromatic rings. The van der Waals surface area contributed by atoms with Crippen molar-refractivity contribution in [3.8, 4) is 0 Å². The number of rotatable bonds is 5. The number of hydrogen-bond acceptors (Lipinski definition) is 4. The first-order valence-electron chi connectivity index (χ1n) is 5.89. The van der Waals surface area contributed by atoms with Crippen LogP contribution in [0.4, 0.5) is 0 Å². The Balaban J connectivity index is 2.34. The summed E-state index contributed by atoms with van der Waals surface area (Å²) in [6.45, 7) is 3.83. The Bertz CT molecular complexity index is 528. The summed E-state index contributed by atoms with van der Waals surface area (Å²) in [5.41, 5.74) is 0.941. The van der Waals surface area contributed by atoms with E-state index in [0.29, 0.717) is 12.8 Å². The standard InChI is InChI=1S/C13H15NO2S2/c1-3-13(4-2,11(15)16)18-12-14-9-7-5-6-8-10(9)17-12/h5-8H,3-4H2,1-2H3,(H,15,16). The van der Waals surface area contributed by atoms with Crippen molar-refractivity contribution >= 4 is 39.3 Å². The zero-order chi connectivity index (χ0) is 13.2. The van der Waals surface area contributed by atoms with Gasteiger partial charge in [-0.3, -0.25) is 4.79 Å². The summed E-state index contributed by atoms with van der Waals surface area (Å²) in [6.07, 6.45) is 1.19. The van der Waals surface area contributed by atoms with Gasteiger partial charge in [-0.25, -0.2) is 4.98 Å². The van der Waals surface area contributed by atoms with Crippen LogP contribution in [0.3, 0.4) is 0 Å². The van der Waals surface area contributed by atoms with Gasteiger partial charge in [-0.05, 0) is 25.0 Å². The second-order valence-corrected chi connectivity index (χ2v) is 6.72. The van der Waals surface area contributed by atoms with Crippen molar-refractivity contribution in [1.29, 1.82) is 0 Å². The van der Waals surface area contributed by atoms with Gasteiger partial charge in [0, 0.05) is 0 Å². The monoisotopic (exact) mass is 281 g/mol. The third-order valence-electron chi connectivity index (χ3n) is 3.09. The molecule has 0 amide bonds. The molecule has 5 heteroatoms. The molecule has 1 heterocycles. The summed E-state index contributed by atoms with van der Waals surface area (Å²) >= 11 is 2.94. The molecule has 0 unspecified atom stereocenters. The third kappa shape index (κ3) is 2.37. The molecule has 0 radical (unpaired) electrons. The number of carboxylic acid groups (broad SMARTS) is 1. The topological polar surface area (TPSA) is 50.2 Å². The molecule has 0 saturated heterocycles. The Morgan fingerprint density at radius 2 is 2.06 bits per heavy atom. The molecule has 0 spiro atoms. The molecule has 0 aliphatic carbocycles. The summed E-state index contributed by atoms with van der Waals surface area (Å²) in [6, 6.07) is 7.88. The van der Waals surface area contributed by atoms with Crippen LogP contribution in [0, 0.1) is 0 Å². The summed E-state index contributed by atoms with van der Waals surface area (Å²) < 4.78 is 1.18. The van der Waals surface area contributed by atoms with Crippen LogP contribution in [0.2, 0.25) is 0 Å². The van der Waals surface area contributed by atoms with Crippen LogP contribution < -0.4 is 0 Å². The lowest BCUT2D eigenvalue weighted by atomic mass is 10.0. The number of para-hydroxylation sites is 1. The van der Waals surface area contributed by atoms with E-state index in [1.165, 1.54) is 11.8 Å². The first-order valence-corrected chi connectivity index (χ1v) is 7.52. The molecule has 0 saturated carbocycles. The molecule has 1 aromatic heterocycles. The van der Waals surface area contributed by atoms with Crippen LogP contribution >= 0.6 is 23.1 Å². The minimum Gasteiger partial charge on any atom is -0.480 e. The summed E-state index contributed by atoms with van der Waals surface area (Å²) in [4.78, 5) is 16.0. The van der Waals surface area contributed by atoms with Crippen molar-refractivity contribution in [3.05, 3.63) is 24.3 Å². The number of carbonyl (C=O) groups is 1. The number of benzene rings is 1. The van der Waals surface area contributed by atoms with E-state index in [0.717, 1.165) is 14.6 Å². The molecule has 3 nitrogen and oxygen atoms in total. The number of nitrogens with zero attached hydrogens (tertiary/aromatic N) is 1. The van der Waals surface area contributed by atoms with Gasteiger partial charge >= 0.3 is 5.97 Å². The average molecular weight is 281 g/mol. The highest BCUT2D eigenvalue weighted by Crippen LogP contribution is 2.41. The normalized spacial score (nSPS) is 11.9. The molecule has 96 valence electrons. The Labute approximate surface area is 114 Å². The summed E-state index contributed by atoms with van der Waals surface area (Å²) in [7, 11) is 0. The van der Waals surface area contributed by atoms with Crippen LogP contribution in [-0.2, 0) is 4.79 Å². The van der Waals surface area contributed by atoms with Crippen molar-refractivity contribution in [3.63, 3.8) is 0 Å². The second kappa shape index (κ2) is 5.28. The van der Waals surface area contributed by atoms with Crippen molar-refractivity contribution in [1.82, 2.24) is 4.98 Å². The predicted octanol–water partition coefficient (Wildman–Crippen LogP) is 4.03. The smallest absolute Gasteiger partial charge is 0.320 e. The lowest BCUT2D eigenvalue weighted by Gasteiger charge is -2.24. The van der Waals surface area contributed by atoms with Gasteiger partial charge in [-0.15, -0.1) is 11.3 Å². The summed E-state index contributed by atoms with van der Waals surface area (Å²) in [5, 5.41) is 9.42. The minimum atomic E-state index is -0.756. The highest BCUT2D eigenvalue weighted by atomic mass is 32.2. The van der Waals surface area contributed by atoms with E-state index in [1.54, 1.807) is 11.3 Å². The maximum absolute atomic E-state index is 11.5. The molecule has 0 aliphatic heterocycles. The fourth-order valence-corrected chi connectivity index (χ4v) is 4.27. The Morgan fingerprint density at radius 1 is 1.39 bits per heavy atom. The van der Waals surface area contributed by atoms with Gasteiger partial charge < -0.3 is 5.11 Å². The number of hydrogen-bond donors (Lipinski definition) is 1. The molecule has 0 atom stereocenters. The number of fused-ring (bicyclic) bond motifs is 1. The third-order valence-corrected chi connectivity index (χ3v) is 5.83. The van der Waals surface area contributed by atoms with E-state index in [9.17, 15) is 9.90 Å². The zero-order valence-electron chi connectivity index (χ0n) is 10.3. The van der Waals surface area contributed by atoms with Gasteiger partial charge in [0.1, 0.15) is 4.75 Å². The van der Waals surface area contributed by atoms with Crippen molar-refractivity contribution in [2.75, 3.05) is 0 Å². The minimum absolute atomic E-state index is 0.597. The number of aliphatic carboxylic acids is 1. The lowest BCUT2D eigenvalue weighted by molar-refractivity contribution is -0.140. The second-order valence-electron chi connectivity index (χ2n) is 4.06. The molecule has 2 rings (SSSR count). The fourth-order valence-electron chi connectivity index (χ4n) is 1.80. The summed E-state index contributed by atoms with van der Waals surface area (Å²) in [5.74, 6) is -0.753. The highest BCUT2D eigenvalue weighted by molar-refractivity contribution is 8.03. The lowest BCUT2D eigenvalue weighted by Crippen LogP contribution is -2.33. The quantitative estimate of drug-likeness (QED) is 0.841. The van der Waals surface area contributed by atoms with Crippen molar-refractivity contribution in [2.45, 2.75) is 35.8 Å². The molecule has 18 heavy (non-hydrogen) atoms. The predicted molar refractivity (Wildman–Crippen MR) is 76.4 cm³/mol. The molecule has 1 aromatic carbocycles. The number of aromatic nitrogens is 1. The zero-order valence-corrected chi connectivity index (χ0v) is 12.0. The maximum Gasteiger partial charge on any atom is 0.320 e. The molecule has 0 bridgehead atoms. The van der Waals surface area contributed by atoms with Gasteiger partial charge in [0.05, 0.1) is 10.2 Å². The van der Waals surface area contributed by atoms with E-state index in [4.69, 9.17) is 0 Å². The van der Waals surface area contributed by atoms with Gasteiger partial charge in [0.2, 0.25) is 0 Å². The van der Waals surface area contributed by atoms with Crippen LogP contribution in [-0.4, -0.2) is 20.8 Å². The first-order chi connectivity index (χ1) is 8.61. The van der Waals surface area contributed by atoms with Crippen molar-refractivity contribution in [2.24, 2.45) is 0 Å². The van der Waals surface area contributed by atoms with Crippen LogP contribution in [0.5, 0.6) is 0 Å². The fraction of sp³-hybridized carbons (Fsp3) is 0.385. The van der Waals surface area contributed by atoms with Crippen molar-refractivity contribution < 1.29 is 9.90 Å².